The lowest BCUT2D eigenvalue weighted by Gasteiger charge is -2.29. The van der Waals surface area contributed by atoms with Crippen molar-refractivity contribution in [3.63, 3.8) is 0 Å². The van der Waals surface area contributed by atoms with Gasteiger partial charge in [0.1, 0.15) is 0 Å². The molecule has 3 N–H and O–H groups in total. The minimum Gasteiger partial charge on any atom is -0.376 e. The molecule has 1 rings (SSSR count). The molecule has 1 aliphatic heterocycles. The second kappa shape index (κ2) is 4.94. The molecule has 4 heteroatoms. The highest BCUT2D eigenvalue weighted by molar-refractivity contribution is 5.76. The van der Waals surface area contributed by atoms with Crippen LogP contribution in [0.2, 0.25) is 0 Å². The maximum atomic E-state index is 11.6. The minimum atomic E-state index is -0.199. The van der Waals surface area contributed by atoms with Crippen LogP contribution in [-0.2, 0) is 9.53 Å². The van der Waals surface area contributed by atoms with E-state index in [4.69, 9.17) is 10.5 Å². The van der Waals surface area contributed by atoms with Crippen LogP contribution in [0.15, 0.2) is 0 Å². The first-order valence-electron chi connectivity index (χ1n) is 5.62. The van der Waals surface area contributed by atoms with Crippen molar-refractivity contribution in [2.45, 2.75) is 57.7 Å². The third-order valence-electron chi connectivity index (χ3n) is 3.14. The summed E-state index contributed by atoms with van der Waals surface area (Å²) in [7, 11) is 0. The van der Waals surface area contributed by atoms with Gasteiger partial charge in [-0.1, -0.05) is 0 Å². The third-order valence-corrected chi connectivity index (χ3v) is 3.14. The summed E-state index contributed by atoms with van der Waals surface area (Å²) in [5.41, 5.74) is 5.40. The van der Waals surface area contributed by atoms with E-state index in [0.717, 1.165) is 19.4 Å². The third kappa shape index (κ3) is 3.47. The molecule has 3 unspecified atom stereocenters. The average Bonchev–Trinajstić information content (AvgIpc) is 2.44. The summed E-state index contributed by atoms with van der Waals surface area (Å²) < 4.78 is 5.46. The van der Waals surface area contributed by atoms with E-state index in [1.165, 1.54) is 0 Å². The van der Waals surface area contributed by atoms with Gasteiger partial charge in [0.05, 0.1) is 11.6 Å². The maximum absolute atomic E-state index is 11.6. The highest BCUT2D eigenvalue weighted by Gasteiger charge is 2.37. The lowest BCUT2D eigenvalue weighted by Crippen LogP contribution is -2.50. The Hall–Kier alpha value is -0.610. The smallest absolute Gasteiger partial charge is 0.220 e. The Kier molecular flexibility index (Phi) is 4.11. The predicted octanol–water partition coefficient (Wildman–Crippen LogP) is 0.797. The Morgan fingerprint density at radius 1 is 1.73 bits per heavy atom. The minimum absolute atomic E-state index is 0.0761. The molecule has 0 saturated carbocycles. The molecule has 0 aromatic rings. The summed E-state index contributed by atoms with van der Waals surface area (Å²) in [6, 6.07) is 0.0841. The summed E-state index contributed by atoms with van der Waals surface area (Å²) in [5, 5.41) is 3.04. The Morgan fingerprint density at radius 2 is 2.40 bits per heavy atom. The summed E-state index contributed by atoms with van der Waals surface area (Å²) in [4.78, 5) is 11.6. The Bertz CT molecular complexity index is 231. The SMILES string of the molecule is CC(N)CCC(=O)NC1(C)CCOC1C. The fourth-order valence-corrected chi connectivity index (χ4v) is 1.74. The normalized spacial score (nSPS) is 32.7. The lowest BCUT2D eigenvalue weighted by molar-refractivity contribution is -0.123. The zero-order chi connectivity index (χ0) is 11.5. The monoisotopic (exact) mass is 214 g/mol. The van der Waals surface area contributed by atoms with Gasteiger partial charge in [-0.15, -0.1) is 0 Å². The van der Waals surface area contributed by atoms with Crippen LogP contribution in [0.3, 0.4) is 0 Å². The van der Waals surface area contributed by atoms with Crippen LogP contribution in [0, 0.1) is 0 Å². The number of carbonyl (C=O) groups excluding carboxylic acids is 1. The largest absolute Gasteiger partial charge is 0.376 e. The number of hydrogen-bond acceptors (Lipinski definition) is 3. The molecule has 0 aromatic carbocycles. The topological polar surface area (TPSA) is 64.4 Å². The fourth-order valence-electron chi connectivity index (χ4n) is 1.74. The van der Waals surface area contributed by atoms with Crippen LogP contribution < -0.4 is 11.1 Å². The Labute approximate surface area is 91.5 Å². The average molecular weight is 214 g/mol. The van der Waals surface area contributed by atoms with E-state index in [1.54, 1.807) is 0 Å². The van der Waals surface area contributed by atoms with Crippen LogP contribution in [0.1, 0.15) is 40.0 Å². The molecule has 0 bridgehead atoms. The molecule has 0 aromatic heterocycles. The number of hydrogen-bond donors (Lipinski definition) is 2. The van der Waals surface area contributed by atoms with E-state index in [1.807, 2.05) is 20.8 Å². The molecule has 1 heterocycles. The summed E-state index contributed by atoms with van der Waals surface area (Å²) in [6.45, 7) is 6.68. The second-order valence-electron chi connectivity index (χ2n) is 4.74. The molecule has 1 fully saturated rings. The number of carbonyl (C=O) groups is 1. The van der Waals surface area contributed by atoms with E-state index in [-0.39, 0.29) is 23.6 Å². The number of nitrogens with two attached hydrogens (primary N) is 1. The summed E-state index contributed by atoms with van der Waals surface area (Å²) >= 11 is 0. The van der Waals surface area contributed by atoms with Crippen molar-refractivity contribution in [1.29, 1.82) is 0 Å². The van der Waals surface area contributed by atoms with Gasteiger partial charge < -0.3 is 15.8 Å². The van der Waals surface area contributed by atoms with Gasteiger partial charge >= 0.3 is 0 Å². The Morgan fingerprint density at radius 3 is 2.87 bits per heavy atom. The van der Waals surface area contributed by atoms with E-state index in [2.05, 4.69) is 5.32 Å². The van der Waals surface area contributed by atoms with E-state index in [9.17, 15) is 4.79 Å². The number of nitrogens with one attached hydrogen (secondary N) is 1. The zero-order valence-electron chi connectivity index (χ0n) is 9.88. The summed E-state index contributed by atoms with van der Waals surface area (Å²) in [5.74, 6) is 0.0761. The maximum Gasteiger partial charge on any atom is 0.220 e. The molecule has 0 radical (unpaired) electrons. The van der Waals surface area contributed by atoms with Gasteiger partial charge in [-0.2, -0.15) is 0 Å². The second-order valence-corrected chi connectivity index (χ2v) is 4.74. The van der Waals surface area contributed by atoms with Gasteiger partial charge in [-0.05, 0) is 33.6 Å². The molecule has 15 heavy (non-hydrogen) atoms. The fraction of sp³-hybridized carbons (Fsp3) is 0.909. The highest BCUT2D eigenvalue weighted by atomic mass is 16.5. The van der Waals surface area contributed by atoms with Gasteiger partial charge in [-0.3, -0.25) is 4.79 Å². The van der Waals surface area contributed by atoms with E-state index >= 15 is 0 Å². The first-order valence-corrected chi connectivity index (χ1v) is 5.62. The first-order chi connectivity index (χ1) is 6.94. The zero-order valence-corrected chi connectivity index (χ0v) is 9.88. The first kappa shape index (κ1) is 12.5. The van der Waals surface area contributed by atoms with Crippen LogP contribution in [0.5, 0.6) is 0 Å². The van der Waals surface area contributed by atoms with Crippen LogP contribution in [-0.4, -0.2) is 30.2 Å². The Balaban J connectivity index is 2.37. The molecule has 1 amide bonds. The molecule has 0 spiro atoms. The number of amides is 1. The highest BCUT2D eigenvalue weighted by Crippen LogP contribution is 2.25. The van der Waals surface area contributed by atoms with Crippen LogP contribution >= 0.6 is 0 Å². The molecule has 1 aliphatic rings. The number of rotatable bonds is 4. The van der Waals surface area contributed by atoms with Gasteiger partial charge in [0, 0.05) is 19.1 Å². The van der Waals surface area contributed by atoms with Crippen molar-refractivity contribution >= 4 is 5.91 Å². The van der Waals surface area contributed by atoms with Gasteiger partial charge in [0.2, 0.25) is 5.91 Å². The van der Waals surface area contributed by atoms with Crippen LogP contribution in [0.25, 0.3) is 0 Å². The van der Waals surface area contributed by atoms with E-state index < -0.39 is 0 Å². The van der Waals surface area contributed by atoms with Crippen LogP contribution in [0.4, 0.5) is 0 Å². The summed E-state index contributed by atoms with van der Waals surface area (Å²) in [6.07, 6.45) is 2.21. The molecular weight excluding hydrogens is 192 g/mol. The molecule has 1 saturated heterocycles. The molecule has 4 nitrogen and oxygen atoms in total. The molecule has 88 valence electrons. The number of ether oxygens (including phenoxy) is 1. The lowest BCUT2D eigenvalue weighted by atomic mass is 9.94. The molecule has 3 atom stereocenters. The van der Waals surface area contributed by atoms with Gasteiger partial charge in [0.25, 0.3) is 0 Å². The predicted molar refractivity (Wildman–Crippen MR) is 59.5 cm³/mol. The van der Waals surface area contributed by atoms with Gasteiger partial charge in [0.15, 0.2) is 0 Å². The van der Waals surface area contributed by atoms with Crippen molar-refractivity contribution in [3.8, 4) is 0 Å². The van der Waals surface area contributed by atoms with Crippen molar-refractivity contribution in [2.75, 3.05) is 6.61 Å². The van der Waals surface area contributed by atoms with Gasteiger partial charge in [-0.25, -0.2) is 0 Å². The van der Waals surface area contributed by atoms with Crippen molar-refractivity contribution in [3.05, 3.63) is 0 Å². The van der Waals surface area contributed by atoms with Crippen molar-refractivity contribution < 1.29 is 9.53 Å². The van der Waals surface area contributed by atoms with Crippen molar-refractivity contribution in [1.82, 2.24) is 5.32 Å². The molecular formula is C11H22N2O2. The quantitative estimate of drug-likeness (QED) is 0.727. The van der Waals surface area contributed by atoms with Crippen molar-refractivity contribution in [2.24, 2.45) is 5.73 Å². The molecule has 0 aliphatic carbocycles. The standard InChI is InChI=1S/C11H22N2O2/c1-8(12)4-5-10(14)13-11(3)6-7-15-9(11)2/h8-9H,4-7,12H2,1-3H3,(H,13,14). The van der Waals surface area contributed by atoms with E-state index in [0.29, 0.717) is 6.42 Å².